The minimum Gasteiger partial charge on any atom is -0.480 e. The van der Waals surface area contributed by atoms with Gasteiger partial charge < -0.3 is 15.7 Å². The van der Waals surface area contributed by atoms with Crippen molar-refractivity contribution in [3.63, 3.8) is 0 Å². The molecule has 1 aliphatic heterocycles. The molecule has 0 spiro atoms. The molecule has 0 aromatic heterocycles. The van der Waals surface area contributed by atoms with Crippen LogP contribution in [0.3, 0.4) is 0 Å². The van der Waals surface area contributed by atoms with Crippen molar-refractivity contribution in [2.75, 3.05) is 6.54 Å². The van der Waals surface area contributed by atoms with Gasteiger partial charge in [-0.05, 0) is 38.1 Å². The minimum atomic E-state index is -1.19. The normalized spacial score (nSPS) is 26.1. The number of nitrogens with one attached hydrogen (secondary N) is 2. The first-order valence-electron chi connectivity index (χ1n) is 6.52. The van der Waals surface area contributed by atoms with Crippen molar-refractivity contribution in [3.05, 3.63) is 0 Å². The van der Waals surface area contributed by atoms with E-state index in [2.05, 4.69) is 10.6 Å². The summed E-state index contributed by atoms with van der Waals surface area (Å²) < 4.78 is 0. The van der Waals surface area contributed by atoms with Crippen molar-refractivity contribution in [1.82, 2.24) is 10.6 Å². The standard InChI is InChI=1S/C13H24N2O3/c1-5-13(4,11(17)18)15-10(16)9-12(2,3)7-6-8-14-9/h9,14H,5-8H2,1-4H3,(H,15,16)(H,17,18). The zero-order valence-corrected chi connectivity index (χ0v) is 11.7. The van der Waals surface area contributed by atoms with Gasteiger partial charge in [0, 0.05) is 0 Å². The SMILES string of the molecule is CCC(C)(NC(=O)C1NCCCC1(C)C)C(=O)O. The van der Waals surface area contributed by atoms with E-state index in [1.54, 1.807) is 13.8 Å². The molecule has 1 heterocycles. The number of carboxylic acids is 1. The van der Waals surface area contributed by atoms with Gasteiger partial charge in [0.2, 0.25) is 5.91 Å². The Morgan fingerprint density at radius 3 is 2.56 bits per heavy atom. The smallest absolute Gasteiger partial charge is 0.329 e. The Kier molecular flexibility index (Phi) is 4.37. The second-order valence-corrected chi connectivity index (χ2v) is 5.96. The van der Waals surface area contributed by atoms with Crippen LogP contribution in [-0.2, 0) is 9.59 Å². The van der Waals surface area contributed by atoms with Gasteiger partial charge in [-0.15, -0.1) is 0 Å². The summed E-state index contributed by atoms with van der Waals surface area (Å²) in [5, 5.41) is 15.0. The Hall–Kier alpha value is -1.10. The average molecular weight is 256 g/mol. The summed E-state index contributed by atoms with van der Waals surface area (Å²) in [6.45, 7) is 8.18. The van der Waals surface area contributed by atoms with Crippen molar-refractivity contribution in [2.24, 2.45) is 5.41 Å². The molecule has 0 bridgehead atoms. The molecule has 18 heavy (non-hydrogen) atoms. The van der Waals surface area contributed by atoms with Gasteiger partial charge in [-0.1, -0.05) is 20.8 Å². The molecule has 1 rings (SSSR count). The highest BCUT2D eigenvalue weighted by Gasteiger charge is 2.41. The summed E-state index contributed by atoms with van der Waals surface area (Å²) in [5.41, 5.74) is -1.33. The van der Waals surface area contributed by atoms with Crippen LogP contribution in [0.1, 0.15) is 47.0 Å². The summed E-state index contributed by atoms with van der Waals surface area (Å²) in [7, 11) is 0. The molecule has 104 valence electrons. The fourth-order valence-corrected chi connectivity index (χ4v) is 2.30. The second kappa shape index (κ2) is 5.26. The van der Waals surface area contributed by atoms with Gasteiger partial charge in [-0.3, -0.25) is 4.79 Å². The van der Waals surface area contributed by atoms with E-state index in [0.717, 1.165) is 19.4 Å². The number of hydrogen-bond acceptors (Lipinski definition) is 3. The Labute approximate surface area is 108 Å². The van der Waals surface area contributed by atoms with Gasteiger partial charge in [0.05, 0.1) is 6.04 Å². The molecule has 1 saturated heterocycles. The zero-order valence-electron chi connectivity index (χ0n) is 11.7. The Balaban J connectivity index is 2.78. The summed E-state index contributed by atoms with van der Waals surface area (Å²) in [5.74, 6) is -1.21. The maximum Gasteiger partial charge on any atom is 0.329 e. The fraction of sp³-hybridized carbons (Fsp3) is 0.846. The Bertz CT molecular complexity index is 341. The molecule has 1 amide bonds. The van der Waals surface area contributed by atoms with Gasteiger partial charge in [0.15, 0.2) is 0 Å². The third-order valence-corrected chi connectivity index (χ3v) is 3.97. The van der Waals surface area contributed by atoms with Crippen LogP contribution in [0, 0.1) is 5.41 Å². The molecule has 2 atom stereocenters. The molecule has 0 saturated carbocycles. The van der Waals surface area contributed by atoms with Gasteiger partial charge >= 0.3 is 5.97 Å². The van der Waals surface area contributed by atoms with Gasteiger partial charge in [0.1, 0.15) is 5.54 Å². The van der Waals surface area contributed by atoms with Crippen LogP contribution in [0.4, 0.5) is 0 Å². The van der Waals surface area contributed by atoms with E-state index >= 15 is 0 Å². The van der Waals surface area contributed by atoms with E-state index in [1.807, 2.05) is 13.8 Å². The van der Waals surface area contributed by atoms with Crippen LogP contribution < -0.4 is 10.6 Å². The quantitative estimate of drug-likeness (QED) is 0.704. The second-order valence-electron chi connectivity index (χ2n) is 5.96. The Morgan fingerprint density at radius 2 is 2.11 bits per heavy atom. The van der Waals surface area contributed by atoms with Crippen molar-refractivity contribution < 1.29 is 14.7 Å². The highest BCUT2D eigenvalue weighted by molar-refractivity contribution is 5.89. The molecule has 0 radical (unpaired) electrons. The maximum absolute atomic E-state index is 12.3. The number of amides is 1. The molecule has 1 fully saturated rings. The first-order chi connectivity index (χ1) is 8.23. The average Bonchev–Trinajstić information content (AvgIpc) is 2.27. The van der Waals surface area contributed by atoms with E-state index in [9.17, 15) is 14.7 Å². The van der Waals surface area contributed by atoms with Gasteiger partial charge in [-0.2, -0.15) is 0 Å². The number of carbonyl (C=O) groups excluding carboxylic acids is 1. The number of piperidine rings is 1. The van der Waals surface area contributed by atoms with Crippen molar-refractivity contribution in [2.45, 2.75) is 58.5 Å². The van der Waals surface area contributed by atoms with Crippen molar-refractivity contribution >= 4 is 11.9 Å². The third-order valence-electron chi connectivity index (χ3n) is 3.97. The number of rotatable bonds is 4. The third kappa shape index (κ3) is 3.02. The first-order valence-corrected chi connectivity index (χ1v) is 6.52. The zero-order chi connectivity index (χ0) is 14.0. The molecule has 0 aliphatic carbocycles. The monoisotopic (exact) mass is 256 g/mol. The minimum absolute atomic E-state index is 0.143. The lowest BCUT2D eigenvalue weighted by Crippen LogP contribution is -2.61. The number of carbonyl (C=O) groups is 2. The van der Waals surface area contributed by atoms with Crippen LogP contribution in [-0.4, -0.2) is 35.1 Å². The van der Waals surface area contributed by atoms with Crippen LogP contribution in [0.15, 0.2) is 0 Å². The van der Waals surface area contributed by atoms with E-state index in [0.29, 0.717) is 6.42 Å². The van der Waals surface area contributed by atoms with Crippen molar-refractivity contribution in [3.8, 4) is 0 Å². The predicted octanol–water partition coefficient (Wildman–Crippen LogP) is 1.13. The molecule has 0 aromatic rings. The largest absolute Gasteiger partial charge is 0.480 e. The Morgan fingerprint density at radius 1 is 1.50 bits per heavy atom. The van der Waals surface area contributed by atoms with Crippen LogP contribution in [0.5, 0.6) is 0 Å². The highest BCUT2D eigenvalue weighted by atomic mass is 16.4. The number of carboxylic acid groups (broad SMARTS) is 1. The van der Waals surface area contributed by atoms with Gasteiger partial charge in [-0.25, -0.2) is 4.79 Å². The van der Waals surface area contributed by atoms with Crippen LogP contribution >= 0.6 is 0 Å². The first kappa shape index (κ1) is 15.0. The molecule has 5 nitrogen and oxygen atoms in total. The lowest BCUT2D eigenvalue weighted by molar-refractivity contribution is -0.148. The van der Waals surface area contributed by atoms with Crippen molar-refractivity contribution in [1.29, 1.82) is 0 Å². The number of hydrogen-bond donors (Lipinski definition) is 3. The predicted molar refractivity (Wildman–Crippen MR) is 69.3 cm³/mol. The molecule has 3 N–H and O–H groups in total. The topological polar surface area (TPSA) is 78.4 Å². The molecule has 5 heteroatoms. The van der Waals surface area contributed by atoms with E-state index < -0.39 is 11.5 Å². The summed E-state index contributed by atoms with van der Waals surface area (Å²) in [6.07, 6.45) is 2.37. The molecule has 1 aliphatic rings. The summed E-state index contributed by atoms with van der Waals surface area (Å²) in [4.78, 5) is 23.5. The van der Waals surface area contributed by atoms with Gasteiger partial charge in [0.25, 0.3) is 0 Å². The molecular weight excluding hydrogens is 232 g/mol. The molecular formula is C13H24N2O3. The van der Waals surface area contributed by atoms with E-state index in [1.165, 1.54) is 0 Å². The maximum atomic E-state index is 12.3. The van der Waals surface area contributed by atoms with E-state index in [4.69, 9.17) is 0 Å². The molecule has 2 unspecified atom stereocenters. The van der Waals surface area contributed by atoms with E-state index in [-0.39, 0.29) is 17.4 Å². The molecule has 0 aromatic carbocycles. The van der Waals surface area contributed by atoms with Crippen LogP contribution in [0.25, 0.3) is 0 Å². The number of aliphatic carboxylic acids is 1. The highest BCUT2D eigenvalue weighted by Crippen LogP contribution is 2.30. The fourth-order valence-electron chi connectivity index (χ4n) is 2.30. The van der Waals surface area contributed by atoms with Crippen LogP contribution in [0.2, 0.25) is 0 Å². The summed E-state index contributed by atoms with van der Waals surface area (Å²) >= 11 is 0. The summed E-state index contributed by atoms with van der Waals surface area (Å²) in [6, 6.07) is -0.323. The lowest BCUT2D eigenvalue weighted by Gasteiger charge is -2.39. The lowest BCUT2D eigenvalue weighted by atomic mass is 9.77.